The van der Waals surface area contributed by atoms with Crippen LogP contribution in [0.3, 0.4) is 0 Å². The standard InChI is InChI=1S/C16H15BrFN3O3/c1-24-15(22)11-4-2-10(3-5-11)9-19-16(23)21-20-14-7-6-12(18)8-13(14)17/h2-8,20H,9H2,1H3,(H2,19,21,23). The van der Waals surface area contributed by atoms with Crippen molar-refractivity contribution in [2.24, 2.45) is 0 Å². The molecule has 2 amide bonds. The van der Waals surface area contributed by atoms with Crippen LogP contribution in [0, 0.1) is 5.82 Å². The van der Waals surface area contributed by atoms with E-state index in [4.69, 9.17) is 0 Å². The lowest BCUT2D eigenvalue weighted by molar-refractivity contribution is 0.0600. The number of hydrazine groups is 1. The third-order valence-electron chi connectivity index (χ3n) is 3.07. The van der Waals surface area contributed by atoms with Gasteiger partial charge in [-0.15, -0.1) is 0 Å². The molecule has 0 aliphatic carbocycles. The number of hydrogen-bond acceptors (Lipinski definition) is 4. The minimum atomic E-state index is -0.455. The molecule has 2 aromatic carbocycles. The zero-order valence-electron chi connectivity index (χ0n) is 12.7. The maximum Gasteiger partial charge on any atom is 0.337 e. The molecule has 0 spiro atoms. The molecule has 2 aromatic rings. The van der Waals surface area contributed by atoms with Crippen LogP contribution in [0.4, 0.5) is 14.9 Å². The van der Waals surface area contributed by atoms with Crippen molar-refractivity contribution in [3.8, 4) is 0 Å². The van der Waals surface area contributed by atoms with Gasteiger partial charge in [-0.05, 0) is 51.8 Å². The third kappa shape index (κ3) is 4.95. The zero-order chi connectivity index (χ0) is 17.5. The van der Waals surface area contributed by atoms with Crippen molar-refractivity contribution in [1.29, 1.82) is 0 Å². The Balaban J connectivity index is 1.81. The Kier molecular flexibility index (Phi) is 6.14. The molecule has 0 saturated heterocycles. The van der Waals surface area contributed by atoms with E-state index >= 15 is 0 Å². The predicted molar refractivity (Wildman–Crippen MR) is 90.9 cm³/mol. The van der Waals surface area contributed by atoms with E-state index in [-0.39, 0.29) is 12.4 Å². The molecule has 0 fully saturated rings. The molecule has 0 aromatic heterocycles. The summed E-state index contributed by atoms with van der Waals surface area (Å²) in [6.07, 6.45) is 0. The molecule has 0 unspecified atom stereocenters. The molecular weight excluding hydrogens is 381 g/mol. The van der Waals surface area contributed by atoms with Crippen molar-refractivity contribution >= 4 is 33.6 Å². The molecule has 24 heavy (non-hydrogen) atoms. The van der Waals surface area contributed by atoms with E-state index in [9.17, 15) is 14.0 Å². The van der Waals surface area contributed by atoms with Gasteiger partial charge in [0.25, 0.3) is 0 Å². The minimum Gasteiger partial charge on any atom is -0.465 e. The highest BCUT2D eigenvalue weighted by Crippen LogP contribution is 2.22. The number of methoxy groups -OCH3 is 1. The SMILES string of the molecule is COC(=O)c1ccc(CNC(=O)NNc2ccc(F)cc2Br)cc1. The average Bonchev–Trinajstić information content (AvgIpc) is 2.59. The number of amides is 2. The molecule has 2 rings (SSSR count). The molecule has 126 valence electrons. The minimum absolute atomic E-state index is 0.277. The Labute approximate surface area is 146 Å². The van der Waals surface area contributed by atoms with Gasteiger partial charge in [0.05, 0.1) is 18.4 Å². The fraction of sp³-hybridized carbons (Fsp3) is 0.125. The second kappa shape index (κ2) is 8.30. The van der Waals surface area contributed by atoms with Crippen LogP contribution in [0.15, 0.2) is 46.9 Å². The van der Waals surface area contributed by atoms with E-state index in [1.165, 1.54) is 25.3 Å². The predicted octanol–water partition coefficient (Wildman–Crippen LogP) is 3.20. The van der Waals surface area contributed by atoms with E-state index in [0.29, 0.717) is 15.7 Å². The number of urea groups is 1. The highest BCUT2D eigenvalue weighted by Gasteiger charge is 2.06. The number of carbonyl (C=O) groups excluding carboxylic acids is 2. The number of nitrogens with one attached hydrogen (secondary N) is 3. The van der Waals surface area contributed by atoms with Crippen LogP contribution in [0.25, 0.3) is 0 Å². The summed E-state index contributed by atoms with van der Waals surface area (Å²) in [6, 6.07) is 10.3. The Morgan fingerprint density at radius 1 is 1.17 bits per heavy atom. The first-order valence-electron chi connectivity index (χ1n) is 6.92. The van der Waals surface area contributed by atoms with Crippen LogP contribution in [0.5, 0.6) is 0 Å². The Morgan fingerprint density at radius 3 is 2.50 bits per heavy atom. The number of carbonyl (C=O) groups is 2. The van der Waals surface area contributed by atoms with Crippen molar-refractivity contribution in [2.45, 2.75) is 6.54 Å². The summed E-state index contributed by atoms with van der Waals surface area (Å²) in [4.78, 5) is 23.1. The summed E-state index contributed by atoms with van der Waals surface area (Å²) < 4.78 is 18.1. The fourth-order valence-electron chi connectivity index (χ4n) is 1.82. The summed E-state index contributed by atoms with van der Waals surface area (Å²) in [7, 11) is 1.31. The summed E-state index contributed by atoms with van der Waals surface area (Å²) in [6.45, 7) is 0.277. The van der Waals surface area contributed by atoms with Gasteiger partial charge >= 0.3 is 12.0 Å². The second-order valence-electron chi connectivity index (χ2n) is 4.75. The summed E-state index contributed by atoms with van der Waals surface area (Å²) in [5.74, 6) is -0.798. The topological polar surface area (TPSA) is 79.5 Å². The number of ether oxygens (including phenoxy) is 1. The van der Waals surface area contributed by atoms with Crippen molar-refractivity contribution in [3.63, 3.8) is 0 Å². The highest BCUT2D eigenvalue weighted by molar-refractivity contribution is 9.10. The first-order valence-corrected chi connectivity index (χ1v) is 7.71. The van der Waals surface area contributed by atoms with Crippen LogP contribution in [0.2, 0.25) is 0 Å². The summed E-state index contributed by atoms with van der Waals surface area (Å²) >= 11 is 3.19. The molecular formula is C16H15BrFN3O3. The molecule has 3 N–H and O–H groups in total. The number of anilines is 1. The number of esters is 1. The Bertz CT molecular complexity index is 738. The van der Waals surface area contributed by atoms with Crippen molar-refractivity contribution in [3.05, 3.63) is 63.9 Å². The van der Waals surface area contributed by atoms with Gasteiger partial charge in [0.15, 0.2) is 0 Å². The maximum absolute atomic E-state index is 13.0. The van der Waals surface area contributed by atoms with Crippen molar-refractivity contribution in [2.75, 3.05) is 12.5 Å². The molecule has 0 aliphatic heterocycles. The average molecular weight is 396 g/mol. The molecule has 0 atom stereocenters. The lowest BCUT2D eigenvalue weighted by Crippen LogP contribution is -2.38. The van der Waals surface area contributed by atoms with Crippen LogP contribution in [0.1, 0.15) is 15.9 Å². The normalized spacial score (nSPS) is 9.96. The van der Waals surface area contributed by atoms with Gasteiger partial charge in [-0.3, -0.25) is 10.9 Å². The summed E-state index contributed by atoms with van der Waals surface area (Å²) in [5.41, 5.74) is 6.89. The maximum atomic E-state index is 13.0. The molecule has 8 heteroatoms. The van der Waals surface area contributed by atoms with Crippen LogP contribution < -0.4 is 16.2 Å². The van der Waals surface area contributed by atoms with Gasteiger partial charge in [-0.1, -0.05) is 12.1 Å². The molecule has 0 heterocycles. The van der Waals surface area contributed by atoms with Gasteiger partial charge in [0.2, 0.25) is 0 Å². The lowest BCUT2D eigenvalue weighted by atomic mass is 10.1. The quantitative estimate of drug-likeness (QED) is 0.536. The van der Waals surface area contributed by atoms with Crippen LogP contribution in [-0.4, -0.2) is 19.1 Å². The van der Waals surface area contributed by atoms with Gasteiger partial charge in [0.1, 0.15) is 5.82 Å². The highest BCUT2D eigenvalue weighted by atomic mass is 79.9. The van der Waals surface area contributed by atoms with Gasteiger partial charge in [-0.2, -0.15) is 0 Å². The zero-order valence-corrected chi connectivity index (χ0v) is 14.3. The number of halogens is 2. The fourth-order valence-corrected chi connectivity index (χ4v) is 2.27. The first-order chi connectivity index (χ1) is 11.5. The van der Waals surface area contributed by atoms with Crippen molar-refractivity contribution < 1.29 is 18.7 Å². The smallest absolute Gasteiger partial charge is 0.337 e. The Hall–Kier alpha value is -2.61. The van der Waals surface area contributed by atoms with E-state index in [0.717, 1.165) is 5.56 Å². The largest absolute Gasteiger partial charge is 0.465 e. The van der Waals surface area contributed by atoms with E-state index in [1.54, 1.807) is 24.3 Å². The molecule has 0 saturated carbocycles. The van der Waals surface area contributed by atoms with E-state index < -0.39 is 12.0 Å². The second-order valence-corrected chi connectivity index (χ2v) is 5.60. The lowest BCUT2D eigenvalue weighted by Gasteiger charge is -2.11. The number of hydrogen-bond donors (Lipinski definition) is 3. The molecule has 0 bridgehead atoms. The number of benzene rings is 2. The van der Waals surface area contributed by atoms with E-state index in [2.05, 4.69) is 36.8 Å². The third-order valence-corrected chi connectivity index (χ3v) is 3.73. The van der Waals surface area contributed by atoms with Crippen LogP contribution in [-0.2, 0) is 11.3 Å². The number of rotatable bonds is 5. The van der Waals surface area contributed by atoms with Gasteiger partial charge in [0, 0.05) is 11.0 Å². The summed E-state index contributed by atoms with van der Waals surface area (Å²) in [5, 5.41) is 2.64. The molecule has 6 nitrogen and oxygen atoms in total. The van der Waals surface area contributed by atoms with Crippen molar-refractivity contribution in [1.82, 2.24) is 10.7 Å². The Morgan fingerprint density at radius 2 is 1.88 bits per heavy atom. The van der Waals surface area contributed by atoms with Gasteiger partial charge < -0.3 is 10.1 Å². The molecule has 0 radical (unpaired) electrons. The first kappa shape index (κ1) is 17.7. The van der Waals surface area contributed by atoms with Crippen LogP contribution >= 0.6 is 15.9 Å². The molecule has 0 aliphatic rings. The van der Waals surface area contributed by atoms with Gasteiger partial charge in [-0.25, -0.2) is 14.0 Å². The van der Waals surface area contributed by atoms with E-state index in [1.807, 2.05) is 0 Å². The monoisotopic (exact) mass is 395 g/mol.